The van der Waals surface area contributed by atoms with Crippen LogP contribution in [0.1, 0.15) is 24.4 Å². The van der Waals surface area contributed by atoms with Crippen LogP contribution in [0.25, 0.3) is 0 Å². The van der Waals surface area contributed by atoms with Crippen molar-refractivity contribution < 1.29 is 4.39 Å². The Hall–Kier alpha value is -1.18. The molecule has 0 aromatic heterocycles. The number of benzene rings is 1. The monoisotopic (exact) mass is 175 g/mol. The van der Waals surface area contributed by atoms with Gasteiger partial charge >= 0.3 is 0 Å². The van der Waals surface area contributed by atoms with Gasteiger partial charge in [0, 0.05) is 11.3 Å². The van der Waals surface area contributed by atoms with Crippen LogP contribution in [-0.2, 0) is 0 Å². The highest BCUT2D eigenvalue weighted by atomic mass is 19.1. The second-order valence-corrected chi connectivity index (χ2v) is 3.75. The molecular weight excluding hydrogens is 165 g/mol. The van der Waals surface area contributed by atoms with E-state index in [0.29, 0.717) is 5.92 Å². The molecule has 0 bridgehead atoms. The van der Waals surface area contributed by atoms with E-state index in [1.165, 1.54) is 24.6 Å². The summed E-state index contributed by atoms with van der Waals surface area (Å²) in [5.74, 6) is 0.566. The summed E-state index contributed by atoms with van der Waals surface area (Å²) in [6, 6.07) is 7.02. The standard InChI is InChI=1S/C11H10FN/c12-9-4-2-1-3-8(9)11-10(13-11)7-5-6-7/h1-4,7,11H,5-6H2. The van der Waals surface area contributed by atoms with E-state index in [-0.39, 0.29) is 11.9 Å². The minimum atomic E-state index is -0.119. The normalized spacial score (nSPS) is 25.6. The molecule has 0 saturated heterocycles. The highest BCUT2D eigenvalue weighted by molar-refractivity contribution is 6.04. The van der Waals surface area contributed by atoms with Crippen molar-refractivity contribution in [1.29, 1.82) is 0 Å². The van der Waals surface area contributed by atoms with Gasteiger partial charge in [-0.05, 0) is 24.8 Å². The molecule has 1 aliphatic heterocycles. The third-order valence-corrected chi connectivity index (χ3v) is 2.69. The van der Waals surface area contributed by atoms with Gasteiger partial charge in [-0.15, -0.1) is 0 Å². The van der Waals surface area contributed by atoms with Crippen LogP contribution < -0.4 is 0 Å². The van der Waals surface area contributed by atoms with Crippen molar-refractivity contribution in [3.8, 4) is 0 Å². The average molecular weight is 175 g/mol. The van der Waals surface area contributed by atoms with E-state index in [9.17, 15) is 4.39 Å². The zero-order chi connectivity index (χ0) is 8.84. The molecule has 0 amide bonds. The number of aliphatic imine (C=N–C) groups is 1. The maximum atomic E-state index is 13.3. The van der Waals surface area contributed by atoms with Gasteiger partial charge in [0.25, 0.3) is 0 Å². The summed E-state index contributed by atoms with van der Waals surface area (Å²) < 4.78 is 13.3. The fraction of sp³-hybridized carbons (Fsp3) is 0.364. The summed E-state index contributed by atoms with van der Waals surface area (Å²) in [6.45, 7) is 0. The van der Waals surface area contributed by atoms with E-state index in [0.717, 1.165) is 5.56 Å². The number of halogens is 1. The fourth-order valence-corrected chi connectivity index (χ4v) is 1.75. The quantitative estimate of drug-likeness (QED) is 0.655. The van der Waals surface area contributed by atoms with Crippen molar-refractivity contribution in [2.75, 3.05) is 0 Å². The molecule has 13 heavy (non-hydrogen) atoms. The summed E-state index contributed by atoms with van der Waals surface area (Å²) in [4.78, 5) is 4.32. The lowest BCUT2D eigenvalue weighted by Gasteiger charge is -1.98. The third kappa shape index (κ3) is 1.17. The predicted octanol–water partition coefficient (Wildman–Crippen LogP) is 2.73. The lowest BCUT2D eigenvalue weighted by Crippen LogP contribution is -1.95. The maximum Gasteiger partial charge on any atom is 0.128 e. The maximum absolute atomic E-state index is 13.3. The Morgan fingerprint density at radius 3 is 2.69 bits per heavy atom. The van der Waals surface area contributed by atoms with Gasteiger partial charge in [0.1, 0.15) is 11.9 Å². The third-order valence-electron chi connectivity index (χ3n) is 2.69. The topological polar surface area (TPSA) is 12.4 Å². The first-order valence-electron chi connectivity index (χ1n) is 4.68. The van der Waals surface area contributed by atoms with Crippen molar-refractivity contribution in [2.24, 2.45) is 10.9 Å². The Bertz CT molecular complexity index is 379. The Labute approximate surface area is 76.3 Å². The summed E-state index contributed by atoms with van der Waals surface area (Å²) in [6.07, 6.45) is 2.51. The Morgan fingerprint density at radius 2 is 2.00 bits per heavy atom. The SMILES string of the molecule is Fc1ccccc1C1N=C1C1CC1. The van der Waals surface area contributed by atoms with Crippen molar-refractivity contribution in [1.82, 2.24) is 0 Å². The molecule has 1 aromatic rings. The molecule has 1 fully saturated rings. The molecule has 1 unspecified atom stereocenters. The van der Waals surface area contributed by atoms with E-state index >= 15 is 0 Å². The van der Waals surface area contributed by atoms with Crippen LogP contribution in [0.15, 0.2) is 29.3 Å². The first-order valence-corrected chi connectivity index (χ1v) is 4.68. The molecule has 66 valence electrons. The molecule has 2 heteroatoms. The first-order chi connectivity index (χ1) is 6.36. The van der Waals surface area contributed by atoms with Crippen LogP contribution >= 0.6 is 0 Å². The van der Waals surface area contributed by atoms with Gasteiger partial charge in [-0.3, -0.25) is 4.99 Å². The molecule has 2 aliphatic rings. The largest absolute Gasteiger partial charge is 0.277 e. The lowest BCUT2D eigenvalue weighted by molar-refractivity contribution is 0.611. The van der Waals surface area contributed by atoms with Crippen LogP contribution in [0, 0.1) is 11.7 Å². The van der Waals surface area contributed by atoms with Crippen LogP contribution in [0.5, 0.6) is 0 Å². The van der Waals surface area contributed by atoms with Crippen LogP contribution in [-0.4, -0.2) is 5.71 Å². The van der Waals surface area contributed by atoms with E-state index in [2.05, 4.69) is 4.99 Å². The van der Waals surface area contributed by atoms with Gasteiger partial charge in [-0.1, -0.05) is 18.2 Å². The number of rotatable bonds is 2. The molecule has 0 N–H and O–H groups in total. The molecule has 1 aliphatic carbocycles. The van der Waals surface area contributed by atoms with E-state index in [1.807, 2.05) is 12.1 Å². The molecule has 0 radical (unpaired) electrons. The van der Waals surface area contributed by atoms with Gasteiger partial charge in [0.05, 0.1) is 0 Å². The van der Waals surface area contributed by atoms with Crippen molar-refractivity contribution in [2.45, 2.75) is 18.9 Å². The van der Waals surface area contributed by atoms with E-state index in [1.54, 1.807) is 6.07 Å². The molecule has 1 saturated carbocycles. The highest BCUT2D eigenvalue weighted by Gasteiger charge is 2.42. The number of hydrogen-bond donors (Lipinski definition) is 0. The summed E-state index contributed by atoms with van der Waals surface area (Å²) in [5, 5.41) is 0. The summed E-state index contributed by atoms with van der Waals surface area (Å²) in [5.41, 5.74) is 1.98. The highest BCUT2D eigenvalue weighted by Crippen LogP contribution is 2.45. The molecule has 0 spiro atoms. The summed E-state index contributed by atoms with van der Waals surface area (Å²) in [7, 11) is 0. The first kappa shape index (κ1) is 7.25. The molecule has 1 aromatic carbocycles. The number of hydrogen-bond acceptors (Lipinski definition) is 1. The fourth-order valence-electron chi connectivity index (χ4n) is 1.75. The zero-order valence-electron chi connectivity index (χ0n) is 7.20. The van der Waals surface area contributed by atoms with Crippen LogP contribution in [0.4, 0.5) is 4.39 Å². The van der Waals surface area contributed by atoms with Crippen molar-refractivity contribution in [3.05, 3.63) is 35.6 Å². The molecule has 1 nitrogen and oxygen atoms in total. The van der Waals surface area contributed by atoms with Crippen molar-refractivity contribution in [3.63, 3.8) is 0 Å². The van der Waals surface area contributed by atoms with Crippen LogP contribution in [0.3, 0.4) is 0 Å². The second kappa shape index (κ2) is 2.41. The minimum absolute atomic E-state index is 0.0914. The average Bonchev–Trinajstić information content (AvgIpc) is 3.00. The zero-order valence-corrected chi connectivity index (χ0v) is 7.20. The lowest BCUT2D eigenvalue weighted by atomic mass is 10.1. The summed E-state index contributed by atoms with van der Waals surface area (Å²) >= 11 is 0. The Morgan fingerprint density at radius 1 is 1.23 bits per heavy atom. The van der Waals surface area contributed by atoms with Gasteiger partial charge in [-0.2, -0.15) is 0 Å². The van der Waals surface area contributed by atoms with E-state index < -0.39 is 0 Å². The van der Waals surface area contributed by atoms with Crippen LogP contribution in [0.2, 0.25) is 0 Å². The molecular formula is C11H10FN. The van der Waals surface area contributed by atoms with E-state index in [4.69, 9.17) is 0 Å². The number of nitrogens with zero attached hydrogens (tertiary/aromatic N) is 1. The van der Waals surface area contributed by atoms with Crippen molar-refractivity contribution >= 4 is 5.71 Å². The Kier molecular flexibility index (Phi) is 1.34. The molecule has 3 rings (SSSR count). The van der Waals surface area contributed by atoms with Gasteiger partial charge in [0.15, 0.2) is 0 Å². The molecule has 1 atom stereocenters. The van der Waals surface area contributed by atoms with Gasteiger partial charge in [-0.25, -0.2) is 4.39 Å². The Balaban J connectivity index is 1.84. The predicted molar refractivity (Wildman–Crippen MR) is 49.3 cm³/mol. The van der Waals surface area contributed by atoms with Gasteiger partial charge < -0.3 is 0 Å². The second-order valence-electron chi connectivity index (χ2n) is 3.75. The van der Waals surface area contributed by atoms with Gasteiger partial charge in [0.2, 0.25) is 0 Å². The minimum Gasteiger partial charge on any atom is -0.277 e. The smallest absolute Gasteiger partial charge is 0.128 e. The molecule has 1 heterocycles.